The highest BCUT2D eigenvalue weighted by Gasteiger charge is 2.51. The Labute approximate surface area is 186 Å². The Morgan fingerprint density at radius 1 is 1.22 bits per heavy atom. The van der Waals surface area contributed by atoms with Crippen LogP contribution in [0.4, 0.5) is 5.82 Å². The van der Waals surface area contributed by atoms with Gasteiger partial charge in [0.2, 0.25) is 0 Å². The summed E-state index contributed by atoms with van der Waals surface area (Å²) >= 11 is 0. The predicted octanol–water partition coefficient (Wildman–Crippen LogP) is 1.90. The van der Waals surface area contributed by atoms with Crippen LogP contribution in [-0.2, 0) is 13.8 Å². The van der Waals surface area contributed by atoms with E-state index in [4.69, 9.17) is 15.0 Å². The molecular weight excluding hydrogens is 439 g/mol. The highest BCUT2D eigenvalue weighted by molar-refractivity contribution is 7.54. The third-order valence-corrected chi connectivity index (χ3v) is 8.91. The van der Waals surface area contributed by atoms with E-state index in [0.29, 0.717) is 17.5 Å². The van der Waals surface area contributed by atoms with Crippen molar-refractivity contribution in [3.63, 3.8) is 0 Å². The van der Waals surface area contributed by atoms with Crippen LogP contribution in [0, 0.1) is 0 Å². The number of nitrogens with zero attached hydrogens (tertiary/aromatic N) is 3. The lowest BCUT2D eigenvalue weighted by Gasteiger charge is -2.38. The number of nitrogens with two attached hydrogens (primary N) is 1. The van der Waals surface area contributed by atoms with Crippen LogP contribution < -0.4 is 5.73 Å². The van der Waals surface area contributed by atoms with Crippen LogP contribution in [0.5, 0.6) is 0 Å². The second-order valence-corrected chi connectivity index (χ2v) is 10.6. The van der Waals surface area contributed by atoms with Crippen LogP contribution in [0.15, 0.2) is 18.6 Å². The smallest absolute Gasteiger partial charge is 0.359 e. The first-order valence-corrected chi connectivity index (χ1v) is 12.3. The Morgan fingerprint density at radius 2 is 1.88 bits per heavy atom. The summed E-state index contributed by atoms with van der Waals surface area (Å²) in [6.45, 7) is 6.62. The van der Waals surface area contributed by atoms with Gasteiger partial charge in [0.15, 0.2) is 11.6 Å². The maximum Gasteiger partial charge on any atom is 0.359 e. The molecule has 2 aromatic rings. The van der Waals surface area contributed by atoms with Gasteiger partial charge in [-0.2, -0.15) is 0 Å². The molecule has 0 radical (unpaired) electrons. The number of aliphatic hydroxyl groups is 3. The van der Waals surface area contributed by atoms with E-state index in [1.54, 1.807) is 44.5 Å². The van der Waals surface area contributed by atoms with Crippen molar-refractivity contribution in [1.29, 1.82) is 0 Å². The molecule has 1 aliphatic heterocycles. The second kappa shape index (κ2) is 8.98. The van der Waals surface area contributed by atoms with E-state index >= 15 is 0 Å². The van der Waals surface area contributed by atoms with Gasteiger partial charge in [-0.05, 0) is 32.3 Å². The zero-order valence-corrected chi connectivity index (χ0v) is 19.6. The Bertz CT molecular complexity index is 997. The minimum atomic E-state index is -4.43. The highest BCUT2D eigenvalue weighted by Crippen LogP contribution is 2.60. The molecule has 12 heteroatoms. The lowest BCUT2D eigenvalue weighted by atomic mass is 9.93. The van der Waals surface area contributed by atoms with Gasteiger partial charge in [-0.1, -0.05) is 20.8 Å². The molecule has 0 saturated carbocycles. The second-order valence-electron chi connectivity index (χ2n) is 8.57. The summed E-state index contributed by atoms with van der Waals surface area (Å²) in [7, 11) is -4.43. The van der Waals surface area contributed by atoms with Crippen molar-refractivity contribution in [2.45, 2.75) is 88.9 Å². The molecule has 11 nitrogen and oxygen atoms in total. The van der Waals surface area contributed by atoms with Gasteiger partial charge in [-0.15, -0.1) is 0 Å². The maximum atomic E-state index is 12.9. The number of nitrogen functional groups attached to an aromatic ring is 1. The average molecular weight is 472 g/mol. The number of fused-ring (bicyclic) bond motifs is 1. The van der Waals surface area contributed by atoms with Crippen LogP contribution in [0.2, 0.25) is 0 Å². The topological polar surface area (TPSA) is 173 Å². The SMILES string of the molecule is CCC(C)(CC1OC(n2ccc3c(N)ncnc32)C(O)C1O)OP(=O)(O)C(O)(CC)CC. The van der Waals surface area contributed by atoms with Crippen molar-refractivity contribution < 1.29 is 34.0 Å². The van der Waals surface area contributed by atoms with Crippen LogP contribution >= 0.6 is 7.60 Å². The van der Waals surface area contributed by atoms with Crippen molar-refractivity contribution >= 4 is 24.4 Å². The third kappa shape index (κ3) is 4.31. The van der Waals surface area contributed by atoms with Crippen LogP contribution in [0.1, 0.15) is 59.6 Å². The summed E-state index contributed by atoms with van der Waals surface area (Å²) in [6, 6.07) is 1.69. The zero-order chi connectivity index (χ0) is 23.9. The van der Waals surface area contributed by atoms with Gasteiger partial charge in [0, 0.05) is 12.6 Å². The summed E-state index contributed by atoms with van der Waals surface area (Å²) in [5, 5.41) is 30.7. The summed E-state index contributed by atoms with van der Waals surface area (Å²) in [5.41, 5.74) is 5.12. The average Bonchev–Trinajstić information content (AvgIpc) is 3.30. The Hall–Kier alpha value is -1.59. The molecule has 2 aromatic heterocycles. The molecule has 6 unspecified atom stereocenters. The predicted molar refractivity (Wildman–Crippen MR) is 118 cm³/mol. The van der Waals surface area contributed by atoms with Crippen molar-refractivity contribution in [2.75, 3.05) is 5.73 Å². The highest BCUT2D eigenvalue weighted by atomic mass is 31.2. The standard InChI is InChI=1S/C20H33N4O7P/c1-5-19(4,31-32(28,29)20(27,6-2)7-3)10-13-14(25)15(26)18(30-13)24-9-8-12-16(21)22-11-23-17(12)24/h8-9,11,13-15,18,25-27H,5-7,10H2,1-4H3,(H,28,29)(H2,21,22,23). The quantitative estimate of drug-likeness (QED) is 0.339. The lowest BCUT2D eigenvalue weighted by molar-refractivity contribution is -0.0695. The number of anilines is 1. The molecule has 3 heterocycles. The first-order valence-electron chi connectivity index (χ1n) is 10.8. The summed E-state index contributed by atoms with van der Waals surface area (Å²) < 4.78 is 26.1. The third-order valence-electron chi connectivity index (χ3n) is 6.53. The molecule has 180 valence electrons. The van der Waals surface area contributed by atoms with Crippen molar-refractivity contribution in [3.8, 4) is 0 Å². The van der Waals surface area contributed by atoms with Gasteiger partial charge in [0.25, 0.3) is 0 Å². The molecule has 6 atom stereocenters. The molecule has 0 spiro atoms. The number of aromatic nitrogens is 3. The van der Waals surface area contributed by atoms with Crippen molar-refractivity contribution in [1.82, 2.24) is 14.5 Å². The van der Waals surface area contributed by atoms with Gasteiger partial charge in [-0.25, -0.2) is 9.97 Å². The molecule has 1 aliphatic rings. The van der Waals surface area contributed by atoms with Gasteiger partial charge in [-0.3, -0.25) is 4.57 Å². The fourth-order valence-corrected chi connectivity index (χ4v) is 5.80. The summed E-state index contributed by atoms with van der Waals surface area (Å²) in [4.78, 5) is 18.7. The molecule has 0 aliphatic carbocycles. The van der Waals surface area contributed by atoms with Crippen LogP contribution in [0.3, 0.4) is 0 Å². The molecule has 32 heavy (non-hydrogen) atoms. The van der Waals surface area contributed by atoms with Crippen LogP contribution in [-0.4, -0.2) is 64.0 Å². The number of rotatable bonds is 9. The lowest BCUT2D eigenvalue weighted by Crippen LogP contribution is -2.40. The molecular formula is C20H33N4O7P. The summed E-state index contributed by atoms with van der Waals surface area (Å²) in [6.07, 6.45) is -1.05. The van der Waals surface area contributed by atoms with Crippen molar-refractivity contribution in [3.05, 3.63) is 18.6 Å². The molecule has 6 N–H and O–H groups in total. The Morgan fingerprint density at radius 3 is 2.47 bits per heavy atom. The number of hydrogen-bond acceptors (Lipinski definition) is 9. The Balaban J connectivity index is 1.83. The first-order chi connectivity index (χ1) is 14.9. The van der Waals surface area contributed by atoms with E-state index in [-0.39, 0.29) is 25.1 Å². The largest absolute Gasteiger partial charge is 0.388 e. The molecule has 0 bridgehead atoms. The number of hydrogen-bond donors (Lipinski definition) is 5. The molecule has 1 saturated heterocycles. The van der Waals surface area contributed by atoms with Gasteiger partial charge < -0.3 is 39.8 Å². The molecule has 1 fully saturated rings. The molecule has 0 aromatic carbocycles. The Kier molecular flexibility index (Phi) is 7.03. The first kappa shape index (κ1) is 25.0. The van der Waals surface area contributed by atoms with Gasteiger partial charge in [0.1, 0.15) is 30.0 Å². The van der Waals surface area contributed by atoms with Crippen molar-refractivity contribution in [2.24, 2.45) is 0 Å². The molecule has 0 amide bonds. The maximum absolute atomic E-state index is 12.9. The van der Waals surface area contributed by atoms with E-state index in [1.165, 1.54) is 6.33 Å². The minimum absolute atomic E-state index is 0.0165. The van der Waals surface area contributed by atoms with Gasteiger partial charge >= 0.3 is 7.60 Å². The zero-order valence-electron chi connectivity index (χ0n) is 18.7. The van der Waals surface area contributed by atoms with E-state index in [2.05, 4.69) is 9.97 Å². The minimum Gasteiger partial charge on any atom is -0.388 e. The monoisotopic (exact) mass is 472 g/mol. The molecule has 3 rings (SSSR count). The van der Waals surface area contributed by atoms with E-state index in [1.807, 2.05) is 0 Å². The fourth-order valence-electron chi connectivity index (χ4n) is 4.03. The number of ether oxygens (including phenoxy) is 1. The fraction of sp³-hybridized carbons (Fsp3) is 0.700. The van der Waals surface area contributed by atoms with Gasteiger partial charge in [0.05, 0.1) is 17.1 Å². The summed E-state index contributed by atoms with van der Waals surface area (Å²) in [5.74, 6) is 0.281. The van der Waals surface area contributed by atoms with E-state index in [9.17, 15) is 24.8 Å². The number of aliphatic hydroxyl groups excluding tert-OH is 2. The van der Waals surface area contributed by atoms with E-state index < -0.39 is 43.1 Å². The normalized spacial score (nSPS) is 28.0. The van der Waals surface area contributed by atoms with E-state index in [0.717, 1.165) is 0 Å². The van der Waals surface area contributed by atoms with Crippen LogP contribution in [0.25, 0.3) is 11.0 Å².